The van der Waals surface area contributed by atoms with Gasteiger partial charge in [0.25, 0.3) is 0 Å². The van der Waals surface area contributed by atoms with Crippen LogP contribution in [0, 0.1) is 13.8 Å². The first-order chi connectivity index (χ1) is 14.4. The summed E-state index contributed by atoms with van der Waals surface area (Å²) in [6, 6.07) is 14.7. The van der Waals surface area contributed by atoms with Gasteiger partial charge in [0.15, 0.2) is 0 Å². The third-order valence-electron chi connectivity index (χ3n) is 8.47. The van der Waals surface area contributed by atoms with Crippen LogP contribution < -0.4 is 10.4 Å². The molecule has 0 N–H and O–H groups in total. The molecule has 0 aromatic heterocycles. The fraction of sp³-hybridized carbons (Fsp3) is 0.379. The van der Waals surface area contributed by atoms with Crippen molar-refractivity contribution in [3.05, 3.63) is 80.9 Å². The van der Waals surface area contributed by atoms with Gasteiger partial charge in [0, 0.05) is 16.2 Å². The van der Waals surface area contributed by atoms with Crippen LogP contribution in [-0.4, -0.2) is 7.85 Å². The van der Waals surface area contributed by atoms with E-state index in [1.807, 2.05) is 0 Å². The Morgan fingerprint density at radius 1 is 0.516 bits per heavy atom. The molecule has 0 amide bonds. The van der Waals surface area contributed by atoms with E-state index in [0.29, 0.717) is 0 Å². The zero-order valence-electron chi connectivity index (χ0n) is 20.4. The number of hydrogen-bond acceptors (Lipinski definition) is 1. The zero-order chi connectivity index (χ0) is 22.2. The minimum atomic E-state index is -0.0332. The standard InChI is InChI=1S/C29H32BN/c1-15-9-18-24-20(11-15)28(5,6)22-13-17(30)14-23-26(22)31(24)25-19(27(18,3)4)10-16(2)12-21(25)29(23,7)8/h9-14H,30H2,1-8H3. The Balaban J connectivity index is 1.91. The van der Waals surface area contributed by atoms with Crippen LogP contribution in [0.4, 0.5) is 17.1 Å². The molecule has 6 rings (SSSR count). The van der Waals surface area contributed by atoms with Crippen LogP contribution in [0.3, 0.4) is 0 Å². The summed E-state index contributed by atoms with van der Waals surface area (Å²) in [5, 5.41) is 0. The summed E-state index contributed by atoms with van der Waals surface area (Å²) in [7, 11) is 2.26. The van der Waals surface area contributed by atoms with Gasteiger partial charge in [-0.05, 0) is 47.2 Å². The maximum absolute atomic E-state index is 2.65. The van der Waals surface area contributed by atoms with E-state index in [1.54, 1.807) is 0 Å². The van der Waals surface area contributed by atoms with E-state index in [0.717, 1.165) is 0 Å². The van der Waals surface area contributed by atoms with Crippen LogP contribution in [-0.2, 0) is 16.2 Å². The molecular weight excluding hydrogens is 373 g/mol. The van der Waals surface area contributed by atoms with Crippen LogP contribution in [0.5, 0.6) is 0 Å². The van der Waals surface area contributed by atoms with Crippen molar-refractivity contribution in [2.75, 3.05) is 4.90 Å². The molecule has 31 heavy (non-hydrogen) atoms. The second kappa shape index (κ2) is 5.29. The molecule has 3 heterocycles. The predicted molar refractivity (Wildman–Crippen MR) is 135 cm³/mol. The lowest BCUT2D eigenvalue weighted by molar-refractivity contribution is 0.566. The minimum Gasteiger partial charge on any atom is -0.309 e. The largest absolute Gasteiger partial charge is 0.309 e. The molecule has 3 aliphatic rings. The van der Waals surface area contributed by atoms with Crippen LogP contribution in [0.25, 0.3) is 0 Å². The molecule has 0 saturated carbocycles. The summed E-state index contributed by atoms with van der Waals surface area (Å²) >= 11 is 0. The Bertz CT molecular complexity index is 1090. The van der Waals surface area contributed by atoms with Gasteiger partial charge < -0.3 is 4.90 Å². The molecule has 0 saturated heterocycles. The van der Waals surface area contributed by atoms with Crippen LogP contribution in [0.15, 0.2) is 36.4 Å². The predicted octanol–water partition coefficient (Wildman–Crippen LogP) is 5.95. The minimum absolute atomic E-state index is 0.0332. The molecule has 1 nitrogen and oxygen atoms in total. The molecule has 0 radical (unpaired) electrons. The molecule has 0 aliphatic carbocycles. The number of benzene rings is 3. The van der Waals surface area contributed by atoms with Gasteiger partial charge in [-0.25, -0.2) is 0 Å². The zero-order valence-corrected chi connectivity index (χ0v) is 20.4. The fourth-order valence-corrected chi connectivity index (χ4v) is 6.69. The molecule has 0 bridgehead atoms. The number of hydrogen-bond donors (Lipinski definition) is 0. The summed E-state index contributed by atoms with van der Waals surface area (Å²) in [5.41, 5.74) is 17.1. The van der Waals surface area contributed by atoms with Crippen molar-refractivity contribution in [3.8, 4) is 0 Å². The highest BCUT2D eigenvalue weighted by atomic mass is 15.2. The van der Waals surface area contributed by atoms with Crippen LogP contribution in [0.1, 0.15) is 86.1 Å². The third-order valence-corrected chi connectivity index (χ3v) is 8.47. The first-order valence-corrected chi connectivity index (χ1v) is 11.6. The van der Waals surface area contributed by atoms with Gasteiger partial charge in [0.2, 0.25) is 0 Å². The topological polar surface area (TPSA) is 3.24 Å². The molecule has 0 fully saturated rings. The Morgan fingerprint density at radius 2 is 0.774 bits per heavy atom. The number of rotatable bonds is 0. The Kier molecular flexibility index (Phi) is 3.28. The average molecular weight is 405 g/mol. The monoisotopic (exact) mass is 405 g/mol. The van der Waals surface area contributed by atoms with E-state index in [9.17, 15) is 0 Å². The molecule has 0 unspecified atom stereocenters. The van der Waals surface area contributed by atoms with E-state index < -0.39 is 0 Å². The lowest BCUT2D eigenvalue weighted by Crippen LogP contribution is -2.44. The molecule has 3 aliphatic heterocycles. The van der Waals surface area contributed by atoms with Crippen molar-refractivity contribution in [2.24, 2.45) is 0 Å². The smallest absolute Gasteiger partial charge is 0.139 e. The van der Waals surface area contributed by atoms with Gasteiger partial charge in [-0.2, -0.15) is 0 Å². The molecule has 3 aromatic rings. The molecule has 0 atom stereocenters. The summed E-state index contributed by atoms with van der Waals surface area (Å²) in [5.74, 6) is 0. The van der Waals surface area contributed by atoms with E-state index in [2.05, 4.69) is 105 Å². The molecule has 3 aromatic carbocycles. The van der Waals surface area contributed by atoms with Gasteiger partial charge in [-0.1, -0.05) is 94.5 Å². The number of anilines is 3. The SMILES string of the molecule is Bc1cc2c3c(c1)C(C)(C)c1cc(C)cc4c1N3c1c(cc(C)cc1C4(C)C)C2(C)C. The van der Waals surface area contributed by atoms with Gasteiger partial charge in [0.05, 0.1) is 17.1 Å². The number of nitrogens with zero attached hydrogens (tertiary/aromatic N) is 1. The maximum Gasteiger partial charge on any atom is 0.139 e. The summed E-state index contributed by atoms with van der Waals surface area (Å²) in [6.07, 6.45) is 0. The highest BCUT2D eigenvalue weighted by Gasteiger charge is 2.51. The number of aryl methyl sites for hydroxylation is 2. The van der Waals surface area contributed by atoms with Crippen molar-refractivity contribution < 1.29 is 0 Å². The third kappa shape index (κ3) is 2.05. The van der Waals surface area contributed by atoms with E-state index >= 15 is 0 Å². The van der Waals surface area contributed by atoms with E-state index in [1.165, 1.54) is 67.0 Å². The van der Waals surface area contributed by atoms with Crippen molar-refractivity contribution in [2.45, 2.75) is 71.6 Å². The quantitative estimate of drug-likeness (QED) is 0.418. The average Bonchev–Trinajstić information content (AvgIpc) is 2.66. The second-order valence-electron chi connectivity index (χ2n) is 11.8. The lowest BCUT2D eigenvalue weighted by Gasteiger charge is -2.55. The highest BCUT2D eigenvalue weighted by molar-refractivity contribution is 6.32. The highest BCUT2D eigenvalue weighted by Crippen LogP contribution is 2.65. The Labute approximate surface area is 187 Å². The van der Waals surface area contributed by atoms with Gasteiger partial charge in [-0.15, -0.1) is 0 Å². The Morgan fingerprint density at radius 3 is 1.06 bits per heavy atom. The Hall–Kier alpha value is -2.48. The first-order valence-electron chi connectivity index (χ1n) is 11.6. The summed E-state index contributed by atoms with van der Waals surface area (Å²) in [6.45, 7) is 19.1. The normalized spacial score (nSPS) is 19.8. The lowest BCUT2D eigenvalue weighted by atomic mass is 9.59. The van der Waals surface area contributed by atoms with Crippen molar-refractivity contribution in [3.63, 3.8) is 0 Å². The second-order valence-corrected chi connectivity index (χ2v) is 11.8. The van der Waals surface area contributed by atoms with E-state index in [4.69, 9.17) is 0 Å². The molecule has 156 valence electrons. The summed E-state index contributed by atoms with van der Waals surface area (Å²) < 4.78 is 0. The van der Waals surface area contributed by atoms with Crippen LogP contribution in [0.2, 0.25) is 0 Å². The first kappa shape index (κ1) is 19.2. The van der Waals surface area contributed by atoms with Gasteiger partial charge >= 0.3 is 0 Å². The van der Waals surface area contributed by atoms with Crippen LogP contribution >= 0.6 is 0 Å². The van der Waals surface area contributed by atoms with E-state index in [-0.39, 0.29) is 16.2 Å². The molecule has 2 heteroatoms. The van der Waals surface area contributed by atoms with Crippen molar-refractivity contribution in [1.82, 2.24) is 0 Å². The molecule has 0 spiro atoms. The summed E-state index contributed by atoms with van der Waals surface area (Å²) in [4.78, 5) is 2.65. The maximum atomic E-state index is 2.65. The van der Waals surface area contributed by atoms with Gasteiger partial charge in [0.1, 0.15) is 7.85 Å². The fourth-order valence-electron chi connectivity index (χ4n) is 6.69. The molecular formula is C29H32BN. The van der Waals surface area contributed by atoms with Crippen molar-refractivity contribution >= 4 is 30.4 Å². The van der Waals surface area contributed by atoms with Gasteiger partial charge in [-0.3, -0.25) is 0 Å². The van der Waals surface area contributed by atoms with Crippen molar-refractivity contribution in [1.29, 1.82) is 0 Å².